The SMILES string of the molecule is O=[N+]([O-])c1ccc([C@@H](O)C[C@@H](O)C(Cl)(Cl)Cl)cc1. The van der Waals surface area contributed by atoms with Crippen molar-refractivity contribution in [3.63, 3.8) is 0 Å². The number of benzene rings is 1. The number of aliphatic hydroxyl groups excluding tert-OH is 2. The molecule has 0 bridgehead atoms. The largest absolute Gasteiger partial charge is 0.389 e. The molecule has 0 saturated heterocycles. The molecule has 0 aliphatic rings. The molecule has 1 aromatic rings. The molecule has 100 valence electrons. The molecule has 0 aliphatic carbocycles. The van der Waals surface area contributed by atoms with Gasteiger partial charge in [-0.25, -0.2) is 0 Å². The fraction of sp³-hybridized carbons (Fsp3) is 0.400. The van der Waals surface area contributed by atoms with Crippen molar-refractivity contribution in [1.82, 2.24) is 0 Å². The summed E-state index contributed by atoms with van der Waals surface area (Å²) in [4.78, 5) is 9.89. The van der Waals surface area contributed by atoms with Gasteiger partial charge in [0.25, 0.3) is 5.69 Å². The third kappa shape index (κ3) is 4.26. The van der Waals surface area contributed by atoms with E-state index in [1.807, 2.05) is 0 Å². The predicted molar refractivity (Wildman–Crippen MR) is 69.0 cm³/mol. The lowest BCUT2D eigenvalue weighted by Crippen LogP contribution is -2.27. The first kappa shape index (κ1) is 15.5. The molecule has 0 amide bonds. The first-order valence-electron chi connectivity index (χ1n) is 4.89. The molecule has 0 spiro atoms. The van der Waals surface area contributed by atoms with Gasteiger partial charge >= 0.3 is 0 Å². The summed E-state index contributed by atoms with van der Waals surface area (Å²) in [5, 5.41) is 29.7. The van der Waals surface area contributed by atoms with Gasteiger partial charge in [0, 0.05) is 18.6 Å². The van der Waals surface area contributed by atoms with Crippen LogP contribution in [0.3, 0.4) is 0 Å². The zero-order valence-corrected chi connectivity index (χ0v) is 11.2. The zero-order chi connectivity index (χ0) is 13.9. The molecule has 0 radical (unpaired) electrons. The van der Waals surface area contributed by atoms with Gasteiger partial charge in [0.05, 0.1) is 11.0 Å². The Kier molecular flexibility index (Phi) is 5.19. The van der Waals surface area contributed by atoms with E-state index in [9.17, 15) is 20.3 Å². The Morgan fingerprint density at radius 2 is 1.72 bits per heavy atom. The Hall–Kier alpha value is -0.590. The molecule has 0 aromatic heterocycles. The van der Waals surface area contributed by atoms with Crippen molar-refractivity contribution in [3.05, 3.63) is 39.9 Å². The van der Waals surface area contributed by atoms with Crippen LogP contribution < -0.4 is 0 Å². The highest BCUT2D eigenvalue weighted by atomic mass is 35.6. The van der Waals surface area contributed by atoms with Crippen LogP contribution in [0.1, 0.15) is 18.1 Å². The number of nitro groups is 1. The second kappa shape index (κ2) is 6.04. The molecule has 5 nitrogen and oxygen atoms in total. The van der Waals surface area contributed by atoms with E-state index in [1.165, 1.54) is 24.3 Å². The van der Waals surface area contributed by atoms with E-state index in [2.05, 4.69) is 0 Å². The summed E-state index contributed by atoms with van der Waals surface area (Å²) in [6, 6.07) is 5.27. The van der Waals surface area contributed by atoms with Gasteiger partial charge in [-0.2, -0.15) is 0 Å². The maximum Gasteiger partial charge on any atom is 0.269 e. The summed E-state index contributed by atoms with van der Waals surface area (Å²) in [7, 11) is 0. The van der Waals surface area contributed by atoms with Gasteiger partial charge in [-0.15, -0.1) is 0 Å². The number of nitro benzene ring substituents is 1. The van der Waals surface area contributed by atoms with Gasteiger partial charge in [0.1, 0.15) is 6.10 Å². The van der Waals surface area contributed by atoms with Crippen LogP contribution in [0.4, 0.5) is 5.69 Å². The highest BCUT2D eigenvalue weighted by Gasteiger charge is 2.32. The van der Waals surface area contributed by atoms with E-state index in [1.54, 1.807) is 0 Å². The average molecular weight is 315 g/mol. The molecular formula is C10H10Cl3NO4. The van der Waals surface area contributed by atoms with Crippen LogP contribution in [0.15, 0.2) is 24.3 Å². The van der Waals surface area contributed by atoms with Gasteiger partial charge in [-0.3, -0.25) is 10.1 Å². The molecule has 1 rings (SSSR count). The summed E-state index contributed by atoms with van der Waals surface area (Å²) in [5.74, 6) is 0. The summed E-state index contributed by atoms with van der Waals surface area (Å²) in [6.45, 7) is 0. The van der Waals surface area contributed by atoms with Crippen LogP contribution in [0.2, 0.25) is 0 Å². The molecule has 18 heavy (non-hydrogen) atoms. The van der Waals surface area contributed by atoms with E-state index in [0.29, 0.717) is 5.56 Å². The standard InChI is InChI=1S/C10H10Cl3NO4/c11-10(12,13)9(16)5-8(15)6-1-3-7(4-2-6)14(17)18/h1-4,8-9,15-16H,5H2/t8-,9+/m0/s1. The number of nitrogens with zero attached hydrogens (tertiary/aromatic N) is 1. The third-order valence-corrected chi connectivity index (χ3v) is 3.07. The lowest BCUT2D eigenvalue weighted by atomic mass is 10.0. The number of rotatable bonds is 4. The van der Waals surface area contributed by atoms with Crippen molar-refractivity contribution in [3.8, 4) is 0 Å². The van der Waals surface area contributed by atoms with Crippen molar-refractivity contribution in [1.29, 1.82) is 0 Å². The number of aliphatic hydroxyl groups is 2. The first-order chi connectivity index (χ1) is 8.21. The number of alkyl halides is 3. The average Bonchev–Trinajstić information content (AvgIpc) is 2.27. The van der Waals surface area contributed by atoms with E-state index < -0.39 is 20.9 Å². The normalized spacial score (nSPS) is 15.2. The highest BCUT2D eigenvalue weighted by molar-refractivity contribution is 6.68. The van der Waals surface area contributed by atoms with E-state index in [0.717, 1.165) is 0 Å². The molecule has 0 heterocycles. The van der Waals surface area contributed by atoms with Crippen LogP contribution in [0.5, 0.6) is 0 Å². The number of non-ortho nitro benzene ring substituents is 1. The fourth-order valence-corrected chi connectivity index (χ4v) is 1.57. The van der Waals surface area contributed by atoms with Crippen molar-refractivity contribution in [2.24, 2.45) is 0 Å². The fourth-order valence-electron chi connectivity index (χ4n) is 1.30. The third-order valence-electron chi connectivity index (χ3n) is 2.31. The van der Waals surface area contributed by atoms with Crippen molar-refractivity contribution >= 4 is 40.5 Å². The Bertz CT molecular complexity index is 418. The molecule has 0 aliphatic heterocycles. The first-order valence-corrected chi connectivity index (χ1v) is 6.02. The topological polar surface area (TPSA) is 83.6 Å². The van der Waals surface area contributed by atoms with Crippen molar-refractivity contribution < 1.29 is 15.1 Å². The zero-order valence-electron chi connectivity index (χ0n) is 8.96. The minimum atomic E-state index is -1.89. The summed E-state index contributed by atoms with van der Waals surface area (Å²) in [6.07, 6.45) is -2.60. The monoisotopic (exact) mass is 313 g/mol. The van der Waals surface area contributed by atoms with Gasteiger partial charge < -0.3 is 10.2 Å². The summed E-state index contributed by atoms with van der Waals surface area (Å²) in [5.41, 5.74) is 0.307. The Balaban J connectivity index is 2.73. The smallest absolute Gasteiger partial charge is 0.269 e. The molecule has 0 fully saturated rings. The number of hydrogen-bond donors (Lipinski definition) is 2. The molecule has 2 N–H and O–H groups in total. The van der Waals surface area contributed by atoms with Crippen LogP contribution in [-0.4, -0.2) is 25.0 Å². The Morgan fingerprint density at radius 1 is 1.22 bits per heavy atom. The highest BCUT2D eigenvalue weighted by Crippen LogP contribution is 2.34. The van der Waals surface area contributed by atoms with Crippen LogP contribution >= 0.6 is 34.8 Å². The van der Waals surface area contributed by atoms with Crippen LogP contribution in [0, 0.1) is 10.1 Å². The van der Waals surface area contributed by atoms with Crippen molar-refractivity contribution in [2.75, 3.05) is 0 Å². The maximum atomic E-state index is 10.4. The Morgan fingerprint density at radius 3 is 2.11 bits per heavy atom. The van der Waals surface area contributed by atoms with Crippen LogP contribution in [0.25, 0.3) is 0 Å². The van der Waals surface area contributed by atoms with E-state index in [4.69, 9.17) is 34.8 Å². The molecule has 2 atom stereocenters. The van der Waals surface area contributed by atoms with Crippen LogP contribution in [-0.2, 0) is 0 Å². The second-order valence-electron chi connectivity index (χ2n) is 3.66. The van der Waals surface area contributed by atoms with Gasteiger partial charge in [-0.1, -0.05) is 34.8 Å². The minimum Gasteiger partial charge on any atom is -0.389 e. The number of hydrogen-bond acceptors (Lipinski definition) is 4. The Labute approximate surface area is 118 Å². The molecule has 1 aromatic carbocycles. The molecule has 0 unspecified atom stereocenters. The molecule has 8 heteroatoms. The molecule has 0 saturated carbocycles. The van der Waals surface area contributed by atoms with Gasteiger partial charge in [0.2, 0.25) is 3.79 Å². The predicted octanol–water partition coefficient (Wildman–Crippen LogP) is 2.75. The lowest BCUT2D eigenvalue weighted by molar-refractivity contribution is -0.384. The summed E-state index contributed by atoms with van der Waals surface area (Å²) >= 11 is 16.4. The lowest BCUT2D eigenvalue weighted by Gasteiger charge is -2.21. The number of halogens is 3. The van der Waals surface area contributed by atoms with E-state index >= 15 is 0 Å². The minimum absolute atomic E-state index is 0.0899. The van der Waals surface area contributed by atoms with Gasteiger partial charge in [0.15, 0.2) is 0 Å². The quantitative estimate of drug-likeness (QED) is 0.508. The summed E-state index contributed by atoms with van der Waals surface area (Å²) < 4.78 is -1.89. The molecular weight excluding hydrogens is 304 g/mol. The van der Waals surface area contributed by atoms with Gasteiger partial charge in [-0.05, 0) is 17.7 Å². The maximum absolute atomic E-state index is 10.4. The van der Waals surface area contributed by atoms with E-state index in [-0.39, 0.29) is 12.1 Å². The second-order valence-corrected chi connectivity index (χ2v) is 6.03. The van der Waals surface area contributed by atoms with Crippen molar-refractivity contribution in [2.45, 2.75) is 22.4 Å².